The minimum Gasteiger partial charge on any atom is -0.374 e. The summed E-state index contributed by atoms with van der Waals surface area (Å²) in [5, 5.41) is 2.57. The first-order chi connectivity index (χ1) is 8.63. The summed E-state index contributed by atoms with van der Waals surface area (Å²) in [4.78, 5) is 11.7. The summed E-state index contributed by atoms with van der Waals surface area (Å²) in [6, 6.07) is 6.89. The minimum absolute atomic E-state index is 0.0608. The molecule has 0 radical (unpaired) electrons. The number of amides is 1. The molecule has 1 rings (SSSR count). The van der Waals surface area contributed by atoms with Crippen LogP contribution in [0, 0.1) is 0 Å². The fourth-order valence-electron chi connectivity index (χ4n) is 1.31. The molecular formula is C12H14ClF2NO2. The molecule has 3 nitrogen and oxygen atoms in total. The number of alkyl halides is 3. The van der Waals surface area contributed by atoms with Crippen LogP contribution in [0.3, 0.4) is 0 Å². The lowest BCUT2D eigenvalue weighted by Crippen LogP contribution is -2.27. The smallest absolute Gasteiger partial charge is 0.261 e. The van der Waals surface area contributed by atoms with Crippen molar-refractivity contribution in [3.63, 3.8) is 0 Å². The molecule has 100 valence electrons. The zero-order valence-electron chi connectivity index (χ0n) is 9.67. The van der Waals surface area contributed by atoms with E-state index in [1.165, 1.54) is 0 Å². The van der Waals surface area contributed by atoms with Crippen LogP contribution in [-0.2, 0) is 10.6 Å². The highest BCUT2D eigenvalue weighted by atomic mass is 35.5. The van der Waals surface area contributed by atoms with Crippen molar-refractivity contribution < 1.29 is 18.3 Å². The molecule has 1 aromatic carbocycles. The highest BCUT2D eigenvalue weighted by Gasteiger charge is 2.06. The fraction of sp³-hybridized carbons (Fsp3) is 0.417. The Hall–Kier alpha value is -1.20. The van der Waals surface area contributed by atoms with Crippen LogP contribution in [0.1, 0.15) is 15.9 Å². The van der Waals surface area contributed by atoms with E-state index in [0.717, 1.165) is 5.56 Å². The average molecular weight is 278 g/mol. The van der Waals surface area contributed by atoms with Crippen LogP contribution in [0.15, 0.2) is 24.3 Å². The SMILES string of the molecule is O=C(NCCOCC(F)F)c1cccc(CCl)c1. The third kappa shape index (κ3) is 5.42. The summed E-state index contributed by atoms with van der Waals surface area (Å²) in [6.45, 7) is -0.362. The summed E-state index contributed by atoms with van der Waals surface area (Å²) in [5.74, 6) is 0.0566. The van der Waals surface area contributed by atoms with E-state index in [1.54, 1.807) is 18.2 Å². The zero-order chi connectivity index (χ0) is 13.4. The lowest BCUT2D eigenvalue weighted by molar-refractivity contribution is 0.0188. The first-order valence-electron chi connectivity index (χ1n) is 5.42. The molecule has 0 spiro atoms. The monoisotopic (exact) mass is 277 g/mol. The predicted octanol–water partition coefficient (Wildman–Crippen LogP) is 2.44. The predicted molar refractivity (Wildman–Crippen MR) is 65.2 cm³/mol. The second-order valence-corrected chi connectivity index (χ2v) is 3.82. The molecule has 1 aromatic rings. The van der Waals surface area contributed by atoms with Gasteiger partial charge in [-0.1, -0.05) is 12.1 Å². The minimum atomic E-state index is -2.49. The second-order valence-electron chi connectivity index (χ2n) is 3.56. The maximum atomic E-state index is 11.7. The van der Waals surface area contributed by atoms with Gasteiger partial charge in [-0.25, -0.2) is 8.78 Å². The molecule has 0 aliphatic heterocycles. The second kappa shape index (κ2) is 8.00. The Kier molecular flexibility index (Phi) is 6.60. The van der Waals surface area contributed by atoms with Crippen molar-refractivity contribution in [1.29, 1.82) is 0 Å². The van der Waals surface area contributed by atoms with Gasteiger partial charge >= 0.3 is 0 Å². The first-order valence-corrected chi connectivity index (χ1v) is 5.96. The summed E-state index contributed by atoms with van der Waals surface area (Å²) in [7, 11) is 0. The number of carbonyl (C=O) groups excluding carboxylic acids is 1. The van der Waals surface area contributed by atoms with Crippen LogP contribution in [0.2, 0.25) is 0 Å². The molecular weight excluding hydrogens is 264 g/mol. The van der Waals surface area contributed by atoms with Crippen LogP contribution in [0.4, 0.5) is 8.78 Å². The molecule has 1 N–H and O–H groups in total. The van der Waals surface area contributed by atoms with Crippen molar-refractivity contribution in [3.05, 3.63) is 35.4 Å². The molecule has 0 fully saturated rings. The number of hydrogen-bond acceptors (Lipinski definition) is 2. The number of nitrogens with one attached hydrogen (secondary N) is 1. The zero-order valence-corrected chi connectivity index (χ0v) is 10.4. The van der Waals surface area contributed by atoms with Gasteiger partial charge in [-0.3, -0.25) is 4.79 Å². The van der Waals surface area contributed by atoms with Crippen LogP contribution in [0.25, 0.3) is 0 Å². The topological polar surface area (TPSA) is 38.3 Å². The van der Waals surface area contributed by atoms with Gasteiger partial charge in [-0.05, 0) is 17.7 Å². The summed E-state index contributed by atoms with van der Waals surface area (Å²) < 4.78 is 28.1. The molecule has 0 unspecified atom stereocenters. The molecule has 0 saturated carbocycles. The number of rotatable bonds is 7. The van der Waals surface area contributed by atoms with Gasteiger partial charge in [0.2, 0.25) is 0 Å². The van der Waals surface area contributed by atoms with E-state index >= 15 is 0 Å². The van der Waals surface area contributed by atoms with E-state index < -0.39 is 13.0 Å². The molecule has 0 aliphatic rings. The number of ether oxygens (including phenoxy) is 1. The Morgan fingerprint density at radius 2 is 2.22 bits per heavy atom. The van der Waals surface area contributed by atoms with Crippen molar-refractivity contribution in [2.24, 2.45) is 0 Å². The Labute approximate surface area is 109 Å². The fourth-order valence-corrected chi connectivity index (χ4v) is 1.47. The Morgan fingerprint density at radius 1 is 1.44 bits per heavy atom. The number of benzene rings is 1. The average Bonchev–Trinajstić information content (AvgIpc) is 2.37. The van der Waals surface area contributed by atoms with Gasteiger partial charge in [0.25, 0.3) is 12.3 Å². The van der Waals surface area contributed by atoms with E-state index in [1.807, 2.05) is 6.07 Å². The molecule has 0 aromatic heterocycles. The highest BCUT2D eigenvalue weighted by Crippen LogP contribution is 2.07. The highest BCUT2D eigenvalue weighted by molar-refractivity contribution is 6.17. The van der Waals surface area contributed by atoms with Crippen LogP contribution >= 0.6 is 11.6 Å². The lowest BCUT2D eigenvalue weighted by Gasteiger charge is -2.07. The molecule has 1 amide bonds. The third-order valence-electron chi connectivity index (χ3n) is 2.12. The molecule has 0 heterocycles. The van der Waals surface area contributed by atoms with Crippen LogP contribution < -0.4 is 5.32 Å². The maximum Gasteiger partial charge on any atom is 0.261 e. The van der Waals surface area contributed by atoms with Crippen molar-refractivity contribution in [1.82, 2.24) is 5.32 Å². The number of carbonyl (C=O) groups is 1. The third-order valence-corrected chi connectivity index (χ3v) is 2.43. The molecule has 0 bridgehead atoms. The van der Waals surface area contributed by atoms with E-state index in [9.17, 15) is 13.6 Å². The van der Waals surface area contributed by atoms with Crippen LogP contribution in [0.5, 0.6) is 0 Å². The van der Waals surface area contributed by atoms with Gasteiger partial charge in [0.15, 0.2) is 0 Å². The molecule has 0 atom stereocenters. The van der Waals surface area contributed by atoms with E-state index in [2.05, 4.69) is 10.1 Å². The van der Waals surface area contributed by atoms with Gasteiger partial charge in [0.05, 0.1) is 6.61 Å². The molecule has 0 aliphatic carbocycles. The van der Waals surface area contributed by atoms with E-state index in [-0.39, 0.29) is 19.1 Å². The number of hydrogen-bond donors (Lipinski definition) is 1. The quantitative estimate of drug-likeness (QED) is 0.614. The van der Waals surface area contributed by atoms with Crippen molar-refractivity contribution in [3.8, 4) is 0 Å². The van der Waals surface area contributed by atoms with Crippen molar-refractivity contribution in [2.45, 2.75) is 12.3 Å². The van der Waals surface area contributed by atoms with Gasteiger partial charge in [0, 0.05) is 18.0 Å². The van der Waals surface area contributed by atoms with Crippen molar-refractivity contribution in [2.75, 3.05) is 19.8 Å². The Morgan fingerprint density at radius 3 is 2.89 bits per heavy atom. The first kappa shape index (κ1) is 14.9. The van der Waals surface area contributed by atoms with Gasteiger partial charge in [-0.2, -0.15) is 0 Å². The Balaban J connectivity index is 2.31. The van der Waals surface area contributed by atoms with Crippen LogP contribution in [-0.4, -0.2) is 32.1 Å². The lowest BCUT2D eigenvalue weighted by atomic mass is 10.1. The summed E-state index contributed by atoms with van der Waals surface area (Å²) >= 11 is 5.66. The van der Waals surface area contributed by atoms with Gasteiger partial charge in [-0.15, -0.1) is 11.6 Å². The van der Waals surface area contributed by atoms with E-state index in [0.29, 0.717) is 11.4 Å². The van der Waals surface area contributed by atoms with E-state index in [4.69, 9.17) is 11.6 Å². The summed E-state index contributed by atoms with van der Waals surface area (Å²) in [5.41, 5.74) is 1.33. The molecule has 18 heavy (non-hydrogen) atoms. The number of halogens is 3. The van der Waals surface area contributed by atoms with Crippen molar-refractivity contribution >= 4 is 17.5 Å². The normalized spacial score (nSPS) is 10.7. The van der Waals surface area contributed by atoms with Gasteiger partial charge < -0.3 is 10.1 Å². The summed E-state index contributed by atoms with van der Waals surface area (Å²) in [6.07, 6.45) is -2.49. The maximum absolute atomic E-state index is 11.7. The molecule has 6 heteroatoms. The molecule has 0 saturated heterocycles. The standard InChI is InChI=1S/C12H14ClF2NO2/c13-7-9-2-1-3-10(6-9)12(17)16-4-5-18-8-11(14)15/h1-3,6,11H,4-5,7-8H2,(H,16,17). The Bertz CT molecular complexity index is 388. The largest absolute Gasteiger partial charge is 0.374 e. The van der Waals surface area contributed by atoms with Gasteiger partial charge in [0.1, 0.15) is 6.61 Å².